The molecule has 0 saturated heterocycles. The Bertz CT molecular complexity index is 556. The van der Waals surface area contributed by atoms with E-state index in [1.165, 1.54) is 24.3 Å². The normalized spacial score (nSPS) is 10.6. The molecule has 0 aliphatic rings. The lowest BCUT2D eigenvalue weighted by Crippen LogP contribution is -1.93. The minimum atomic E-state index is -0.755. The molecule has 2 rings (SSSR count). The van der Waals surface area contributed by atoms with E-state index in [0.717, 1.165) is 6.07 Å². The van der Waals surface area contributed by atoms with Crippen LogP contribution in [0.5, 0.6) is 0 Å². The summed E-state index contributed by atoms with van der Waals surface area (Å²) in [6.07, 6.45) is 0. The molecule has 0 atom stereocenters. The monoisotopic (exact) mass is 256 g/mol. The Hall–Kier alpha value is -1.48. The lowest BCUT2D eigenvalue weighted by molar-refractivity contribution is 0.587. The second-order valence-electron chi connectivity index (χ2n) is 3.70. The zero-order valence-electron chi connectivity index (χ0n) is 8.90. The molecule has 2 aromatic rings. The summed E-state index contributed by atoms with van der Waals surface area (Å²) < 4.78 is 40.6. The molecule has 2 aromatic carbocycles. The summed E-state index contributed by atoms with van der Waals surface area (Å²) in [5.74, 6) is -2.21. The van der Waals surface area contributed by atoms with Crippen molar-refractivity contribution in [2.45, 2.75) is 6.92 Å². The number of rotatable bonds is 1. The minimum Gasteiger partial charge on any atom is -0.206 e. The number of benzene rings is 2. The standard InChI is InChI=1S/C13H8ClF3/c1-7-5-10(16)12(11(17)6-7)8-3-2-4-9(15)13(8)14/h2-6H,1H3. The number of aryl methyl sites for hydroxylation is 1. The molecule has 0 heterocycles. The van der Waals surface area contributed by atoms with Crippen LogP contribution in [0.3, 0.4) is 0 Å². The second kappa shape index (κ2) is 4.41. The van der Waals surface area contributed by atoms with Crippen LogP contribution in [0, 0.1) is 24.4 Å². The third-order valence-electron chi connectivity index (χ3n) is 2.41. The molecule has 0 aliphatic heterocycles. The van der Waals surface area contributed by atoms with Crippen molar-refractivity contribution >= 4 is 11.6 Å². The molecule has 0 aromatic heterocycles. The maximum atomic E-state index is 13.7. The SMILES string of the molecule is Cc1cc(F)c(-c2cccc(F)c2Cl)c(F)c1. The lowest BCUT2D eigenvalue weighted by atomic mass is 10.0. The van der Waals surface area contributed by atoms with Gasteiger partial charge in [0.25, 0.3) is 0 Å². The van der Waals surface area contributed by atoms with Gasteiger partial charge in [-0.3, -0.25) is 0 Å². The molecular weight excluding hydrogens is 249 g/mol. The average molecular weight is 257 g/mol. The molecule has 17 heavy (non-hydrogen) atoms. The highest BCUT2D eigenvalue weighted by Gasteiger charge is 2.16. The van der Waals surface area contributed by atoms with Crippen LogP contribution in [0.2, 0.25) is 5.02 Å². The van der Waals surface area contributed by atoms with Crippen LogP contribution in [0.4, 0.5) is 13.2 Å². The summed E-state index contributed by atoms with van der Waals surface area (Å²) in [5.41, 5.74) is 0.165. The smallest absolute Gasteiger partial charge is 0.142 e. The van der Waals surface area contributed by atoms with Gasteiger partial charge in [0.05, 0.1) is 10.6 Å². The first kappa shape index (κ1) is 12.0. The molecule has 88 valence electrons. The Morgan fingerprint density at radius 1 is 0.941 bits per heavy atom. The molecule has 0 aliphatic carbocycles. The van der Waals surface area contributed by atoms with Crippen LogP contribution in [-0.2, 0) is 0 Å². The lowest BCUT2D eigenvalue weighted by Gasteiger charge is -2.08. The molecule has 0 fully saturated rings. The van der Waals surface area contributed by atoms with Gasteiger partial charge in [0.1, 0.15) is 17.5 Å². The predicted octanol–water partition coefficient (Wildman–Crippen LogP) is 4.73. The first-order valence-electron chi connectivity index (χ1n) is 4.90. The van der Waals surface area contributed by atoms with E-state index in [9.17, 15) is 13.2 Å². The van der Waals surface area contributed by atoms with E-state index in [0.29, 0.717) is 5.56 Å². The van der Waals surface area contributed by atoms with E-state index in [1.807, 2.05) is 0 Å². The maximum Gasteiger partial charge on any atom is 0.142 e. The van der Waals surface area contributed by atoms with Crippen molar-refractivity contribution < 1.29 is 13.2 Å². The van der Waals surface area contributed by atoms with Crippen molar-refractivity contribution in [3.05, 3.63) is 58.4 Å². The van der Waals surface area contributed by atoms with Crippen LogP contribution in [0.15, 0.2) is 30.3 Å². The molecule has 0 amide bonds. The van der Waals surface area contributed by atoms with E-state index in [4.69, 9.17) is 11.6 Å². The predicted molar refractivity (Wildman–Crippen MR) is 61.5 cm³/mol. The number of hydrogen-bond donors (Lipinski definition) is 0. The fourth-order valence-corrected chi connectivity index (χ4v) is 1.87. The van der Waals surface area contributed by atoms with Crippen LogP contribution in [0.1, 0.15) is 5.56 Å². The third-order valence-corrected chi connectivity index (χ3v) is 2.79. The van der Waals surface area contributed by atoms with Gasteiger partial charge < -0.3 is 0 Å². The summed E-state index contributed by atoms with van der Waals surface area (Å²) in [6.45, 7) is 1.57. The van der Waals surface area contributed by atoms with Gasteiger partial charge >= 0.3 is 0 Å². The Morgan fingerprint density at radius 2 is 1.53 bits per heavy atom. The molecular formula is C13H8ClF3. The van der Waals surface area contributed by atoms with Crippen LogP contribution < -0.4 is 0 Å². The molecule has 0 radical (unpaired) electrons. The Labute approximate surface area is 102 Å². The zero-order chi connectivity index (χ0) is 12.6. The first-order valence-corrected chi connectivity index (χ1v) is 5.28. The van der Waals surface area contributed by atoms with Gasteiger partial charge in [-0.25, -0.2) is 13.2 Å². The zero-order valence-corrected chi connectivity index (χ0v) is 9.65. The summed E-state index contributed by atoms with van der Waals surface area (Å²) in [4.78, 5) is 0. The summed E-state index contributed by atoms with van der Waals surface area (Å²) in [7, 11) is 0. The van der Waals surface area contributed by atoms with Gasteiger partial charge in [0.2, 0.25) is 0 Å². The largest absolute Gasteiger partial charge is 0.206 e. The van der Waals surface area contributed by atoms with Gasteiger partial charge in [-0.05, 0) is 30.7 Å². The van der Waals surface area contributed by atoms with Crippen molar-refractivity contribution in [3.8, 4) is 11.1 Å². The van der Waals surface area contributed by atoms with E-state index in [2.05, 4.69) is 0 Å². The van der Waals surface area contributed by atoms with Gasteiger partial charge in [-0.2, -0.15) is 0 Å². The summed E-state index contributed by atoms with van der Waals surface area (Å²) in [5, 5.41) is -0.283. The van der Waals surface area contributed by atoms with E-state index in [1.54, 1.807) is 6.92 Å². The molecule has 4 heteroatoms. The highest BCUT2D eigenvalue weighted by atomic mass is 35.5. The summed E-state index contributed by atoms with van der Waals surface area (Å²) in [6, 6.07) is 6.23. The van der Waals surface area contributed by atoms with Crippen LogP contribution >= 0.6 is 11.6 Å². The van der Waals surface area contributed by atoms with E-state index in [-0.39, 0.29) is 16.1 Å². The molecule has 0 unspecified atom stereocenters. The second-order valence-corrected chi connectivity index (χ2v) is 4.08. The molecule has 0 spiro atoms. The minimum absolute atomic E-state index is 0.0154. The Balaban J connectivity index is 2.73. The Kier molecular flexibility index (Phi) is 3.11. The van der Waals surface area contributed by atoms with Crippen LogP contribution in [-0.4, -0.2) is 0 Å². The van der Waals surface area contributed by atoms with Crippen molar-refractivity contribution in [1.82, 2.24) is 0 Å². The van der Waals surface area contributed by atoms with Crippen molar-refractivity contribution in [3.63, 3.8) is 0 Å². The number of hydrogen-bond acceptors (Lipinski definition) is 0. The maximum absolute atomic E-state index is 13.7. The third kappa shape index (κ3) is 2.15. The highest BCUT2D eigenvalue weighted by Crippen LogP contribution is 2.33. The fraction of sp³-hybridized carbons (Fsp3) is 0.0769. The van der Waals surface area contributed by atoms with Gasteiger partial charge in [0.15, 0.2) is 0 Å². The first-order chi connectivity index (χ1) is 8.00. The quantitative estimate of drug-likeness (QED) is 0.692. The fourth-order valence-electron chi connectivity index (χ4n) is 1.65. The molecule has 0 N–H and O–H groups in total. The van der Waals surface area contributed by atoms with E-state index >= 15 is 0 Å². The molecule has 0 bridgehead atoms. The van der Waals surface area contributed by atoms with Crippen LogP contribution in [0.25, 0.3) is 11.1 Å². The Morgan fingerprint density at radius 3 is 2.12 bits per heavy atom. The van der Waals surface area contributed by atoms with Gasteiger partial charge in [-0.15, -0.1) is 0 Å². The van der Waals surface area contributed by atoms with Crippen molar-refractivity contribution in [2.75, 3.05) is 0 Å². The van der Waals surface area contributed by atoms with E-state index < -0.39 is 17.5 Å². The molecule has 0 saturated carbocycles. The molecule has 0 nitrogen and oxygen atoms in total. The van der Waals surface area contributed by atoms with Gasteiger partial charge in [-0.1, -0.05) is 23.7 Å². The van der Waals surface area contributed by atoms with Gasteiger partial charge in [0, 0.05) is 5.56 Å². The van der Waals surface area contributed by atoms with Crippen molar-refractivity contribution in [1.29, 1.82) is 0 Å². The number of halogens is 4. The average Bonchev–Trinajstić information content (AvgIpc) is 2.23. The summed E-state index contributed by atoms with van der Waals surface area (Å²) >= 11 is 5.70. The topological polar surface area (TPSA) is 0 Å². The highest BCUT2D eigenvalue weighted by molar-refractivity contribution is 6.33. The van der Waals surface area contributed by atoms with Crippen molar-refractivity contribution in [2.24, 2.45) is 0 Å².